The zero-order chi connectivity index (χ0) is 13.1. The minimum Gasteiger partial charge on any atom is -0.493 e. The van der Waals surface area contributed by atoms with Gasteiger partial charge in [0.2, 0.25) is 0 Å². The Labute approximate surface area is 118 Å². The van der Waals surface area contributed by atoms with E-state index in [2.05, 4.69) is 5.32 Å². The Hall–Kier alpha value is -1.46. The zero-order valence-corrected chi connectivity index (χ0v) is 12.0. The second kappa shape index (κ2) is 6.63. The van der Waals surface area contributed by atoms with Gasteiger partial charge in [-0.1, -0.05) is 0 Å². The van der Waals surface area contributed by atoms with Gasteiger partial charge in [0.05, 0.1) is 21.3 Å². The van der Waals surface area contributed by atoms with Crippen LogP contribution in [0.15, 0.2) is 12.1 Å². The molecule has 0 spiro atoms. The second-order valence-electron chi connectivity index (χ2n) is 4.14. The lowest BCUT2D eigenvalue weighted by molar-refractivity contribution is -0.143. The lowest BCUT2D eigenvalue weighted by atomic mass is 9.95. The predicted molar refractivity (Wildman–Crippen MR) is 73.1 cm³/mol. The van der Waals surface area contributed by atoms with Crippen LogP contribution in [0.2, 0.25) is 0 Å². The maximum absolute atomic E-state index is 11.5. The second-order valence-corrected chi connectivity index (χ2v) is 4.14. The maximum Gasteiger partial charge on any atom is 0.323 e. The van der Waals surface area contributed by atoms with Crippen LogP contribution in [0.3, 0.4) is 0 Å². The van der Waals surface area contributed by atoms with Crippen LogP contribution in [0.25, 0.3) is 0 Å². The minimum absolute atomic E-state index is 0. The van der Waals surface area contributed by atoms with Gasteiger partial charge in [-0.3, -0.25) is 4.79 Å². The van der Waals surface area contributed by atoms with Gasteiger partial charge >= 0.3 is 5.97 Å². The topological polar surface area (TPSA) is 56.8 Å². The van der Waals surface area contributed by atoms with E-state index in [4.69, 9.17) is 14.2 Å². The predicted octanol–water partition coefficient (Wildman–Crippen LogP) is 1.31. The summed E-state index contributed by atoms with van der Waals surface area (Å²) in [5.41, 5.74) is 2.20. The van der Waals surface area contributed by atoms with E-state index in [0.717, 1.165) is 11.1 Å². The summed E-state index contributed by atoms with van der Waals surface area (Å²) in [6.07, 6.45) is 0.600. The van der Waals surface area contributed by atoms with Crippen molar-refractivity contribution in [3.63, 3.8) is 0 Å². The highest BCUT2D eigenvalue weighted by molar-refractivity contribution is 5.85. The molecule has 0 saturated heterocycles. The van der Waals surface area contributed by atoms with Crippen molar-refractivity contribution >= 4 is 18.4 Å². The number of rotatable bonds is 3. The fraction of sp³-hybridized carbons (Fsp3) is 0.462. The summed E-state index contributed by atoms with van der Waals surface area (Å²) in [7, 11) is 4.61. The van der Waals surface area contributed by atoms with Crippen LogP contribution in [0.4, 0.5) is 0 Å². The van der Waals surface area contributed by atoms with Gasteiger partial charge < -0.3 is 19.5 Å². The van der Waals surface area contributed by atoms with E-state index < -0.39 is 0 Å². The first-order chi connectivity index (χ1) is 8.69. The Kier molecular flexibility index (Phi) is 5.44. The summed E-state index contributed by atoms with van der Waals surface area (Å²) in [5.74, 6) is 1.15. The summed E-state index contributed by atoms with van der Waals surface area (Å²) in [6, 6.07) is 3.57. The first-order valence-electron chi connectivity index (χ1n) is 5.74. The normalized spacial score (nSPS) is 16.9. The average molecular weight is 288 g/mol. The van der Waals surface area contributed by atoms with Crippen molar-refractivity contribution in [2.75, 3.05) is 21.3 Å². The molecule has 0 radical (unpaired) electrons. The van der Waals surface area contributed by atoms with Gasteiger partial charge in [0, 0.05) is 6.54 Å². The van der Waals surface area contributed by atoms with Crippen molar-refractivity contribution in [1.82, 2.24) is 5.32 Å². The molecule has 1 aromatic rings. The third-order valence-electron chi connectivity index (χ3n) is 3.15. The smallest absolute Gasteiger partial charge is 0.323 e. The van der Waals surface area contributed by atoms with Crippen molar-refractivity contribution in [3.05, 3.63) is 23.3 Å². The number of nitrogens with one attached hydrogen (secondary N) is 1. The molecule has 6 heteroatoms. The van der Waals surface area contributed by atoms with Crippen molar-refractivity contribution in [2.24, 2.45) is 0 Å². The molecule has 0 aromatic heterocycles. The van der Waals surface area contributed by atoms with Gasteiger partial charge in [-0.05, 0) is 29.7 Å². The van der Waals surface area contributed by atoms with E-state index in [1.54, 1.807) is 14.2 Å². The number of carbonyl (C=O) groups excluding carboxylic acids is 1. The number of fused-ring (bicyclic) bond motifs is 1. The van der Waals surface area contributed by atoms with E-state index >= 15 is 0 Å². The van der Waals surface area contributed by atoms with Crippen LogP contribution in [0, 0.1) is 0 Å². The Morgan fingerprint density at radius 1 is 1.16 bits per heavy atom. The van der Waals surface area contributed by atoms with Crippen LogP contribution in [0.1, 0.15) is 11.1 Å². The van der Waals surface area contributed by atoms with E-state index in [9.17, 15) is 4.79 Å². The quantitative estimate of drug-likeness (QED) is 0.850. The minimum atomic E-state index is -0.291. The molecule has 1 aromatic carbocycles. The van der Waals surface area contributed by atoms with Gasteiger partial charge in [-0.25, -0.2) is 0 Å². The Balaban J connectivity index is 0.00000180. The number of carbonyl (C=O) groups is 1. The van der Waals surface area contributed by atoms with Crippen LogP contribution < -0.4 is 14.8 Å². The monoisotopic (exact) mass is 287 g/mol. The molecule has 0 aliphatic carbocycles. The molecule has 106 valence electrons. The molecule has 0 fully saturated rings. The number of ether oxygens (including phenoxy) is 3. The molecule has 1 aliphatic heterocycles. The Morgan fingerprint density at radius 3 is 2.26 bits per heavy atom. The maximum atomic E-state index is 11.5. The fourth-order valence-corrected chi connectivity index (χ4v) is 2.15. The number of benzene rings is 1. The lowest BCUT2D eigenvalue weighted by Gasteiger charge is -2.25. The van der Waals surface area contributed by atoms with Crippen LogP contribution in [0.5, 0.6) is 11.5 Å². The third-order valence-corrected chi connectivity index (χ3v) is 3.15. The first-order valence-corrected chi connectivity index (χ1v) is 5.74. The summed E-state index contributed by atoms with van der Waals surface area (Å²) in [5, 5.41) is 3.14. The number of halogens is 1. The molecule has 1 aliphatic rings. The van der Waals surface area contributed by atoms with E-state index in [1.165, 1.54) is 7.11 Å². The molecule has 0 amide bonds. The molecule has 1 heterocycles. The molecule has 19 heavy (non-hydrogen) atoms. The third kappa shape index (κ3) is 3.11. The van der Waals surface area contributed by atoms with Crippen molar-refractivity contribution in [3.8, 4) is 11.5 Å². The highest BCUT2D eigenvalue weighted by Crippen LogP contribution is 2.32. The van der Waals surface area contributed by atoms with Gasteiger partial charge in [0.25, 0.3) is 0 Å². The van der Waals surface area contributed by atoms with Crippen LogP contribution >= 0.6 is 12.4 Å². The van der Waals surface area contributed by atoms with Gasteiger partial charge in [0.15, 0.2) is 11.5 Å². The Morgan fingerprint density at radius 2 is 1.74 bits per heavy atom. The van der Waals surface area contributed by atoms with Crippen molar-refractivity contribution in [2.45, 2.75) is 19.0 Å². The van der Waals surface area contributed by atoms with Crippen LogP contribution in [-0.2, 0) is 22.5 Å². The number of esters is 1. The van der Waals surface area contributed by atoms with E-state index in [-0.39, 0.29) is 24.4 Å². The van der Waals surface area contributed by atoms with Crippen molar-refractivity contribution < 1.29 is 19.0 Å². The fourth-order valence-electron chi connectivity index (χ4n) is 2.15. The van der Waals surface area contributed by atoms with Crippen molar-refractivity contribution in [1.29, 1.82) is 0 Å². The number of methoxy groups -OCH3 is 3. The zero-order valence-electron chi connectivity index (χ0n) is 11.2. The van der Waals surface area contributed by atoms with Gasteiger partial charge in [-0.2, -0.15) is 0 Å². The molecule has 0 saturated carbocycles. The van der Waals surface area contributed by atoms with Gasteiger partial charge in [0.1, 0.15) is 6.04 Å². The molecular weight excluding hydrogens is 270 g/mol. The highest BCUT2D eigenvalue weighted by atomic mass is 35.5. The number of hydrogen-bond acceptors (Lipinski definition) is 5. The lowest BCUT2D eigenvalue weighted by Crippen LogP contribution is -2.42. The molecule has 2 rings (SSSR count). The molecule has 1 N–H and O–H groups in total. The molecular formula is C13H18ClNO4. The molecule has 1 atom stereocenters. The summed E-state index contributed by atoms with van der Waals surface area (Å²) < 4.78 is 15.3. The van der Waals surface area contributed by atoms with E-state index in [1.807, 2.05) is 12.1 Å². The Bertz CT molecular complexity index is 464. The molecule has 0 unspecified atom stereocenters. The molecule has 0 bridgehead atoms. The average Bonchev–Trinajstić information content (AvgIpc) is 2.44. The molecule has 5 nitrogen and oxygen atoms in total. The SMILES string of the molecule is COC(=O)[C@@H]1Cc2cc(OC)c(OC)cc2CN1.Cl. The van der Waals surface area contributed by atoms with E-state index in [0.29, 0.717) is 24.5 Å². The summed E-state index contributed by atoms with van der Waals surface area (Å²) in [6.45, 7) is 0.620. The first kappa shape index (κ1) is 15.6. The summed E-state index contributed by atoms with van der Waals surface area (Å²) >= 11 is 0. The van der Waals surface area contributed by atoms with Crippen LogP contribution in [-0.4, -0.2) is 33.3 Å². The highest BCUT2D eigenvalue weighted by Gasteiger charge is 2.26. The standard InChI is InChI=1S/C13H17NO4.ClH/c1-16-11-5-8-4-10(13(15)18-3)14-7-9(8)6-12(11)17-2;/h5-6,10,14H,4,7H2,1-3H3;1H/t10-;/m0./s1. The number of hydrogen-bond donors (Lipinski definition) is 1. The largest absolute Gasteiger partial charge is 0.493 e. The summed E-state index contributed by atoms with van der Waals surface area (Å²) in [4.78, 5) is 11.5. The van der Waals surface area contributed by atoms with Gasteiger partial charge in [-0.15, -0.1) is 12.4 Å².